The molecule has 2 rings (SSSR count). The number of hydrogen-bond acceptors (Lipinski definition) is 4. The summed E-state index contributed by atoms with van der Waals surface area (Å²) >= 11 is 1.61. The molecule has 1 atom stereocenters. The Morgan fingerprint density at radius 1 is 1.27 bits per heavy atom. The Kier molecular flexibility index (Phi) is 5.69. The fourth-order valence-corrected chi connectivity index (χ4v) is 3.02. The molecule has 1 aromatic heterocycles. The number of carbonyl (C=O) groups is 1. The number of rotatable bonds is 6. The van der Waals surface area contributed by atoms with E-state index in [-0.39, 0.29) is 11.9 Å². The molecule has 0 fully saturated rings. The summed E-state index contributed by atoms with van der Waals surface area (Å²) in [5.41, 5.74) is 1.97. The normalized spacial score (nSPS) is 12.4. The zero-order valence-corrected chi connectivity index (χ0v) is 14.4. The number of amides is 1. The van der Waals surface area contributed by atoms with Gasteiger partial charge in [-0.1, -0.05) is 37.3 Å². The molecule has 0 aliphatic carbocycles. The third-order valence-corrected chi connectivity index (χ3v) is 4.55. The average molecular weight is 317 g/mol. The summed E-state index contributed by atoms with van der Waals surface area (Å²) in [6.07, 6.45) is 0. The van der Waals surface area contributed by atoms with E-state index in [0.717, 1.165) is 22.8 Å². The summed E-state index contributed by atoms with van der Waals surface area (Å²) in [5, 5.41) is 3.04. The van der Waals surface area contributed by atoms with Gasteiger partial charge in [-0.25, -0.2) is 4.98 Å². The zero-order chi connectivity index (χ0) is 16.1. The Hall–Kier alpha value is -1.72. The van der Waals surface area contributed by atoms with Crippen LogP contribution in [0.25, 0.3) is 0 Å². The van der Waals surface area contributed by atoms with Gasteiger partial charge in [-0.3, -0.25) is 9.69 Å². The third kappa shape index (κ3) is 3.93. The summed E-state index contributed by atoms with van der Waals surface area (Å²) < 4.78 is 0. The molecule has 0 bridgehead atoms. The van der Waals surface area contributed by atoms with Crippen LogP contribution in [-0.4, -0.2) is 41.3 Å². The van der Waals surface area contributed by atoms with E-state index in [4.69, 9.17) is 0 Å². The van der Waals surface area contributed by atoms with E-state index in [0.29, 0.717) is 6.54 Å². The predicted molar refractivity (Wildman–Crippen MR) is 90.8 cm³/mol. The summed E-state index contributed by atoms with van der Waals surface area (Å²) in [6, 6.07) is 9.69. The van der Waals surface area contributed by atoms with Crippen molar-refractivity contribution in [3.8, 4) is 0 Å². The number of thiazole rings is 1. The summed E-state index contributed by atoms with van der Waals surface area (Å²) in [7, 11) is 3.83. The first kappa shape index (κ1) is 16.6. The van der Waals surface area contributed by atoms with Crippen molar-refractivity contribution < 1.29 is 4.79 Å². The van der Waals surface area contributed by atoms with E-state index in [9.17, 15) is 4.79 Å². The molecule has 0 radical (unpaired) electrons. The van der Waals surface area contributed by atoms with Crippen molar-refractivity contribution in [2.24, 2.45) is 0 Å². The smallest absolute Gasteiger partial charge is 0.244 e. The second-order valence-electron chi connectivity index (χ2n) is 5.44. The Morgan fingerprint density at radius 2 is 1.95 bits per heavy atom. The molecule has 22 heavy (non-hydrogen) atoms. The van der Waals surface area contributed by atoms with Gasteiger partial charge < -0.3 is 4.90 Å². The standard InChI is InChI=1S/C17H23N3OS/c1-5-19(3)16(14-9-7-6-8-10-14)17(21)20(4)11-15-12-22-13(2)18-15/h6-10,12,16H,5,11H2,1-4H3/t16-/m0/s1. The number of hydrogen-bond donors (Lipinski definition) is 0. The lowest BCUT2D eigenvalue weighted by atomic mass is 10.0. The van der Waals surface area contributed by atoms with Crippen molar-refractivity contribution in [3.63, 3.8) is 0 Å². The zero-order valence-electron chi connectivity index (χ0n) is 13.6. The molecule has 0 N–H and O–H groups in total. The minimum atomic E-state index is -0.254. The fourth-order valence-electron chi connectivity index (χ4n) is 2.41. The molecular formula is C17H23N3OS. The highest BCUT2D eigenvalue weighted by molar-refractivity contribution is 7.09. The predicted octanol–water partition coefficient (Wildman–Crippen LogP) is 3.10. The second kappa shape index (κ2) is 7.51. The van der Waals surface area contributed by atoms with Crippen molar-refractivity contribution >= 4 is 17.2 Å². The van der Waals surface area contributed by atoms with Crippen LogP contribution in [0, 0.1) is 6.92 Å². The molecule has 0 unspecified atom stereocenters. The maximum atomic E-state index is 12.9. The minimum absolute atomic E-state index is 0.0983. The van der Waals surface area contributed by atoms with Gasteiger partial charge in [-0.15, -0.1) is 11.3 Å². The molecule has 1 heterocycles. The largest absolute Gasteiger partial charge is 0.338 e. The number of aromatic nitrogens is 1. The number of benzene rings is 1. The first-order chi connectivity index (χ1) is 10.5. The van der Waals surface area contributed by atoms with E-state index in [1.807, 2.05) is 56.7 Å². The lowest BCUT2D eigenvalue weighted by molar-refractivity contribution is -0.136. The Balaban J connectivity index is 2.18. The minimum Gasteiger partial charge on any atom is -0.338 e. The van der Waals surface area contributed by atoms with Gasteiger partial charge in [0.25, 0.3) is 0 Å². The molecule has 0 saturated carbocycles. The van der Waals surface area contributed by atoms with E-state index in [1.165, 1.54) is 0 Å². The lowest BCUT2D eigenvalue weighted by Gasteiger charge is -2.30. The number of likely N-dealkylation sites (N-methyl/N-ethyl adjacent to an activating group) is 2. The molecule has 0 aliphatic heterocycles. The lowest BCUT2D eigenvalue weighted by Crippen LogP contribution is -2.39. The van der Waals surface area contributed by atoms with Crippen LogP contribution in [0.15, 0.2) is 35.7 Å². The second-order valence-corrected chi connectivity index (χ2v) is 6.50. The van der Waals surface area contributed by atoms with Crippen molar-refractivity contribution in [1.82, 2.24) is 14.8 Å². The van der Waals surface area contributed by atoms with Gasteiger partial charge in [-0.2, -0.15) is 0 Å². The highest BCUT2D eigenvalue weighted by Crippen LogP contribution is 2.22. The SMILES string of the molecule is CCN(C)[C@H](C(=O)N(C)Cc1csc(C)n1)c1ccccc1. The first-order valence-corrected chi connectivity index (χ1v) is 8.32. The van der Waals surface area contributed by atoms with E-state index < -0.39 is 0 Å². The average Bonchev–Trinajstić information content (AvgIpc) is 2.93. The highest BCUT2D eigenvalue weighted by Gasteiger charge is 2.27. The van der Waals surface area contributed by atoms with Crippen LogP contribution in [0.2, 0.25) is 0 Å². The van der Waals surface area contributed by atoms with Crippen molar-refractivity contribution in [2.75, 3.05) is 20.6 Å². The Bertz CT molecular complexity index is 611. The van der Waals surface area contributed by atoms with Crippen molar-refractivity contribution in [3.05, 3.63) is 52.0 Å². The van der Waals surface area contributed by atoms with Gasteiger partial charge in [0.2, 0.25) is 5.91 Å². The summed E-state index contributed by atoms with van der Waals surface area (Å²) in [6.45, 7) is 5.40. The van der Waals surface area contributed by atoms with Crippen LogP contribution in [0.1, 0.15) is 29.2 Å². The van der Waals surface area contributed by atoms with E-state index in [2.05, 4.69) is 16.8 Å². The van der Waals surface area contributed by atoms with Crippen molar-refractivity contribution in [2.45, 2.75) is 26.4 Å². The van der Waals surface area contributed by atoms with Crippen LogP contribution >= 0.6 is 11.3 Å². The van der Waals surface area contributed by atoms with Crippen molar-refractivity contribution in [1.29, 1.82) is 0 Å². The molecule has 1 amide bonds. The highest BCUT2D eigenvalue weighted by atomic mass is 32.1. The third-order valence-electron chi connectivity index (χ3n) is 3.73. The quantitative estimate of drug-likeness (QED) is 0.821. The molecule has 5 heteroatoms. The Labute approximate surface area is 136 Å². The Morgan fingerprint density at radius 3 is 2.50 bits per heavy atom. The maximum Gasteiger partial charge on any atom is 0.244 e. The van der Waals surface area contributed by atoms with Gasteiger partial charge in [0.1, 0.15) is 6.04 Å². The fraction of sp³-hybridized carbons (Fsp3) is 0.412. The van der Waals surface area contributed by atoms with Gasteiger partial charge in [0, 0.05) is 12.4 Å². The molecule has 4 nitrogen and oxygen atoms in total. The van der Waals surface area contributed by atoms with Crippen LogP contribution in [0.5, 0.6) is 0 Å². The summed E-state index contributed by atoms with van der Waals surface area (Å²) in [5.74, 6) is 0.0983. The monoisotopic (exact) mass is 317 g/mol. The van der Waals surface area contributed by atoms with Crippen LogP contribution in [-0.2, 0) is 11.3 Å². The molecule has 0 aliphatic rings. The topological polar surface area (TPSA) is 36.4 Å². The van der Waals surface area contributed by atoms with Gasteiger partial charge in [-0.05, 0) is 26.1 Å². The number of aryl methyl sites for hydroxylation is 1. The summed E-state index contributed by atoms with van der Waals surface area (Å²) in [4.78, 5) is 21.2. The van der Waals surface area contributed by atoms with E-state index in [1.54, 1.807) is 16.2 Å². The molecular weight excluding hydrogens is 294 g/mol. The number of carbonyl (C=O) groups excluding carboxylic acids is 1. The van der Waals surface area contributed by atoms with Crippen LogP contribution < -0.4 is 0 Å². The van der Waals surface area contributed by atoms with Crippen LogP contribution in [0.3, 0.4) is 0 Å². The van der Waals surface area contributed by atoms with Crippen LogP contribution in [0.4, 0.5) is 0 Å². The van der Waals surface area contributed by atoms with Gasteiger partial charge in [0.15, 0.2) is 0 Å². The molecule has 118 valence electrons. The van der Waals surface area contributed by atoms with Gasteiger partial charge >= 0.3 is 0 Å². The number of nitrogens with zero attached hydrogens (tertiary/aromatic N) is 3. The first-order valence-electron chi connectivity index (χ1n) is 7.44. The molecule has 1 aromatic carbocycles. The molecule has 0 spiro atoms. The molecule has 0 saturated heterocycles. The van der Waals surface area contributed by atoms with Gasteiger partial charge in [0.05, 0.1) is 17.2 Å². The van der Waals surface area contributed by atoms with E-state index >= 15 is 0 Å². The maximum absolute atomic E-state index is 12.9. The molecule has 2 aromatic rings.